The topological polar surface area (TPSA) is 80.1 Å². The van der Waals surface area contributed by atoms with Gasteiger partial charge in [0.15, 0.2) is 0 Å². The third kappa shape index (κ3) is 3.99. The molecule has 0 radical (unpaired) electrons. The summed E-state index contributed by atoms with van der Waals surface area (Å²) in [5.74, 6) is -1.38. The van der Waals surface area contributed by atoms with Crippen LogP contribution >= 0.6 is 11.6 Å². The Morgan fingerprint density at radius 2 is 2.17 bits per heavy atom. The first-order chi connectivity index (χ1) is 11.4. The molecule has 0 fully saturated rings. The highest BCUT2D eigenvalue weighted by atomic mass is 35.5. The Bertz CT molecular complexity index is 758. The van der Waals surface area contributed by atoms with E-state index in [4.69, 9.17) is 11.6 Å². The first-order valence-corrected chi connectivity index (χ1v) is 7.70. The van der Waals surface area contributed by atoms with Crippen LogP contribution in [-0.4, -0.2) is 44.6 Å². The molecule has 0 unspecified atom stereocenters. The van der Waals surface area contributed by atoms with E-state index in [1.54, 1.807) is 32.0 Å². The zero-order chi connectivity index (χ0) is 17.7. The molecule has 0 bridgehead atoms. The number of hydrogen-bond donors (Lipinski definition) is 1. The first-order valence-electron chi connectivity index (χ1n) is 7.32. The predicted octanol–water partition coefficient (Wildman–Crippen LogP) is 2.28. The van der Waals surface area contributed by atoms with Crippen molar-refractivity contribution in [1.82, 2.24) is 19.7 Å². The van der Waals surface area contributed by atoms with E-state index >= 15 is 0 Å². The number of carbonyl (C=O) groups is 2. The van der Waals surface area contributed by atoms with Crippen molar-refractivity contribution < 1.29 is 9.59 Å². The molecular weight excluding hydrogens is 330 g/mol. The van der Waals surface area contributed by atoms with Crippen LogP contribution < -0.4 is 5.32 Å². The van der Waals surface area contributed by atoms with Gasteiger partial charge in [-0.25, -0.2) is 9.67 Å². The molecule has 2 aromatic rings. The van der Waals surface area contributed by atoms with Crippen LogP contribution in [0.4, 0.5) is 5.69 Å². The van der Waals surface area contributed by atoms with Crippen LogP contribution in [0, 0.1) is 0 Å². The van der Waals surface area contributed by atoms with Crippen LogP contribution in [0.5, 0.6) is 0 Å². The van der Waals surface area contributed by atoms with Gasteiger partial charge in [0.1, 0.15) is 18.3 Å². The van der Waals surface area contributed by atoms with Gasteiger partial charge in [0.25, 0.3) is 0 Å². The quantitative estimate of drug-likeness (QED) is 0.664. The molecule has 8 heteroatoms. The Labute approximate surface area is 144 Å². The van der Waals surface area contributed by atoms with Crippen molar-refractivity contribution in [1.29, 1.82) is 0 Å². The number of para-hydroxylation sites is 1. The van der Waals surface area contributed by atoms with Crippen LogP contribution in [0.1, 0.15) is 13.8 Å². The summed E-state index contributed by atoms with van der Waals surface area (Å²) in [6.07, 6.45) is 2.81. The molecule has 0 atom stereocenters. The maximum absolute atomic E-state index is 12.3. The number of carbonyl (C=O) groups excluding carboxylic acids is 2. The average molecular weight is 348 g/mol. The second-order valence-electron chi connectivity index (χ2n) is 5.21. The lowest BCUT2D eigenvalue weighted by Gasteiger charge is -2.20. The second-order valence-corrected chi connectivity index (χ2v) is 5.61. The molecule has 1 aromatic carbocycles. The average Bonchev–Trinajstić information content (AvgIpc) is 3.05. The van der Waals surface area contributed by atoms with E-state index < -0.39 is 11.8 Å². The largest absolute Gasteiger partial charge is 0.331 e. The molecule has 0 aliphatic rings. The number of aromatic nitrogens is 3. The number of nitrogens with one attached hydrogen (secondary N) is 1. The number of anilines is 1. The van der Waals surface area contributed by atoms with E-state index in [0.29, 0.717) is 29.5 Å². The van der Waals surface area contributed by atoms with Gasteiger partial charge in [-0.1, -0.05) is 29.8 Å². The van der Waals surface area contributed by atoms with Crippen LogP contribution in [0.25, 0.3) is 5.69 Å². The van der Waals surface area contributed by atoms with Crippen molar-refractivity contribution in [2.24, 2.45) is 0 Å². The third-order valence-corrected chi connectivity index (χ3v) is 3.51. The molecule has 1 N–H and O–H groups in total. The fourth-order valence-corrected chi connectivity index (χ4v) is 2.41. The minimum absolute atomic E-state index is 0.328. The summed E-state index contributed by atoms with van der Waals surface area (Å²) < 4.78 is 1.42. The molecule has 24 heavy (non-hydrogen) atoms. The zero-order valence-corrected chi connectivity index (χ0v) is 14.2. The number of benzene rings is 1. The highest BCUT2D eigenvalue weighted by Crippen LogP contribution is 2.27. The Morgan fingerprint density at radius 3 is 2.75 bits per heavy atom. The fourth-order valence-electron chi connectivity index (χ4n) is 2.15. The number of amides is 2. The van der Waals surface area contributed by atoms with Gasteiger partial charge in [-0.3, -0.25) is 9.59 Å². The number of rotatable bonds is 5. The Hall–Kier alpha value is -2.67. The van der Waals surface area contributed by atoms with Gasteiger partial charge >= 0.3 is 11.8 Å². The summed E-state index contributed by atoms with van der Waals surface area (Å²) in [6.45, 7) is 8.10. The minimum Gasteiger partial charge on any atom is -0.331 e. The van der Waals surface area contributed by atoms with E-state index in [9.17, 15) is 9.59 Å². The van der Waals surface area contributed by atoms with Crippen LogP contribution in [0.3, 0.4) is 0 Å². The van der Waals surface area contributed by atoms with Crippen molar-refractivity contribution in [2.45, 2.75) is 13.8 Å². The minimum atomic E-state index is -0.748. The fraction of sp³-hybridized carbons (Fsp3) is 0.250. The summed E-state index contributed by atoms with van der Waals surface area (Å²) in [6, 6.07) is 4.98. The number of halogens is 1. The molecule has 0 spiro atoms. The van der Waals surface area contributed by atoms with Gasteiger partial charge in [0.05, 0.1) is 10.7 Å². The van der Waals surface area contributed by atoms with Gasteiger partial charge in [0, 0.05) is 13.1 Å². The molecule has 0 aliphatic heterocycles. The smallest absolute Gasteiger partial charge is 0.313 e. The summed E-state index contributed by atoms with van der Waals surface area (Å²) in [5.41, 5.74) is 1.61. The molecular formula is C16H18ClN5O2. The maximum Gasteiger partial charge on any atom is 0.313 e. The highest BCUT2D eigenvalue weighted by molar-refractivity contribution is 6.40. The van der Waals surface area contributed by atoms with E-state index in [1.165, 1.54) is 22.2 Å². The van der Waals surface area contributed by atoms with Gasteiger partial charge in [-0.15, -0.1) is 0 Å². The predicted molar refractivity (Wildman–Crippen MR) is 92.1 cm³/mol. The summed E-state index contributed by atoms with van der Waals surface area (Å²) in [5, 5.41) is 6.98. The Kier molecular flexibility index (Phi) is 5.70. The van der Waals surface area contributed by atoms with Crippen molar-refractivity contribution in [3.63, 3.8) is 0 Å². The van der Waals surface area contributed by atoms with Gasteiger partial charge in [0.2, 0.25) is 0 Å². The van der Waals surface area contributed by atoms with E-state index in [0.717, 1.165) is 5.57 Å². The monoisotopic (exact) mass is 347 g/mol. The lowest BCUT2D eigenvalue weighted by Crippen LogP contribution is -2.40. The van der Waals surface area contributed by atoms with Crippen molar-refractivity contribution in [2.75, 3.05) is 18.4 Å². The third-order valence-electron chi connectivity index (χ3n) is 3.21. The first kappa shape index (κ1) is 17.7. The van der Waals surface area contributed by atoms with Crippen molar-refractivity contribution >= 4 is 29.1 Å². The second kappa shape index (κ2) is 7.74. The number of hydrogen-bond acceptors (Lipinski definition) is 4. The number of likely N-dealkylation sites (N-methyl/N-ethyl adjacent to an activating group) is 1. The Balaban J connectivity index is 2.25. The Morgan fingerprint density at radius 1 is 1.42 bits per heavy atom. The molecule has 1 aromatic heterocycles. The van der Waals surface area contributed by atoms with Crippen LogP contribution in [-0.2, 0) is 9.59 Å². The SMILES string of the molecule is C=C(C)CN(CC)C(=O)C(=O)Nc1cccc(Cl)c1-n1cncn1. The van der Waals surface area contributed by atoms with Gasteiger partial charge in [-0.05, 0) is 26.0 Å². The van der Waals surface area contributed by atoms with E-state index in [1.807, 2.05) is 0 Å². The van der Waals surface area contributed by atoms with E-state index in [-0.39, 0.29) is 0 Å². The normalized spacial score (nSPS) is 10.3. The van der Waals surface area contributed by atoms with Gasteiger partial charge in [-0.2, -0.15) is 5.10 Å². The van der Waals surface area contributed by atoms with Crippen molar-refractivity contribution in [3.05, 3.63) is 48.0 Å². The molecule has 2 amide bonds. The highest BCUT2D eigenvalue weighted by Gasteiger charge is 2.22. The van der Waals surface area contributed by atoms with Crippen LogP contribution in [0.2, 0.25) is 5.02 Å². The summed E-state index contributed by atoms with van der Waals surface area (Å²) in [4.78, 5) is 29.9. The molecule has 1 heterocycles. The van der Waals surface area contributed by atoms with Gasteiger partial charge < -0.3 is 10.2 Å². The molecule has 0 saturated heterocycles. The van der Waals surface area contributed by atoms with E-state index in [2.05, 4.69) is 22.0 Å². The number of nitrogens with zero attached hydrogens (tertiary/aromatic N) is 4. The molecule has 0 saturated carbocycles. The summed E-state index contributed by atoms with van der Waals surface area (Å²) >= 11 is 6.20. The maximum atomic E-state index is 12.3. The van der Waals surface area contributed by atoms with Crippen molar-refractivity contribution in [3.8, 4) is 5.69 Å². The molecule has 7 nitrogen and oxygen atoms in total. The standard InChI is InChI=1S/C16H18ClN5O2/c1-4-21(8-11(2)3)16(24)15(23)20-13-7-5-6-12(17)14(13)22-10-18-9-19-22/h5-7,9-10H,2,4,8H2,1,3H3,(H,20,23). The van der Waals surface area contributed by atoms with Crippen LogP contribution in [0.15, 0.2) is 43.0 Å². The lowest BCUT2D eigenvalue weighted by atomic mass is 10.2. The molecule has 2 rings (SSSR count). The molecule has 0 aliphatic carbocycles. The summed E-state index contributed by atoms with van der Waals surface area (Å²) in [7, 11) is 0. The molecule has 126 valence electrons. The lowest BCUT2D eigenvalue weighted by molar-refractivity contribution is -0.142. The zero-order valence-electron chi connectivity index (χ0n) is 13.5.